The van der Waals surface area contributed by atoms with E-state index in [0.29, 0.717) is 32.6 Å². The van der Waals surface area contributed by atoms with Crippen molar-refractivity contribution in [2.45, 2.75) is 19.9 Å². The average Bonchev–Trinajstić information content (AvgIpc) is 3.50. The van der Waals surface area contributed by atoms with Gasteiger partial charge in [-0.05, 0) is 49.7 Å². The molecule has 2 heterocycles. The second-order valence-corrected chi connectivity index (χ2v) is 10.0. The molecule has 1 N–H and O–H groups in total. The van der Waals surface area contributed by atoms with E-state index in [-0.39, 0.29) is 17.7 Å². The molecule has 40 heavy (non-hydrogen) atoms. The molecule has 9 heteroatoms. The van der Waals surface area contributed by atoms with Gasteiger partial charge in [0.1, 0.15) is 10.8 Å². The Hall–Kier alpha value is -4.76. The number of nitrogens with zero attached hydrogens (tertiary/aromatic N) is 2. The number of aromatic nitrogens is 1. The first-order valence-electron chi connectivity index (χ1n) is 12.6. The van der Waals surface area contributed by atoms with Crippen molar-refractivity contribution >= 4 is 34.7 Å². The number of esters is 1. The van der Waals surface area contributed by atoms with Gasteiger partial charge in [-0.1, -0.05) is 48.5 Å². The number of hydrogen-bond acceptors (Lipinski definition) is 8. The van der Waals surface area contributed by atoms with Gasteiger partial charge in [0.2, 0.25) is 5.78 Å². The number of benzene rings is 3. The van der Waals surface area contributed by atoms with E-state index in [1.54, 1.807) is 56.3 Å². The highest BCUT2D eigenvalue weighted by Crippen LogP contribution is 2.44. The molecule has 1 aromatic heterocycles. The number of carbonyl (C=O) groups excluding carboxylic acids is 3. The molecule has 1 unspecified atom stereocenters. The molecule has 8 nitrogen and oxygen atoms in total. The van der Waals surface area contributed by atoms with E-state index in [2.05, 4.69) is 4.98 Å². The number of carbonyl (C=O) groups is 3. The Morgan fingerprint density at radius 3 is 2.50 bits per heavy atom. The quantitative estimate of drug-likeness (QED) is 0.208. The zero-order chi connectivity index (χ0) is 28.4. The monoisotopic (exact) mass is 554 g/mol. The number of aliphatic hydroxyl groups is 1. The summed E-state index contributed by atoms with van der Waals surface area (Å²) in [5.74, 6) is -1.95. The van der Waals surface area contributed by atoms with Crippen molar-refractivity contribution in [1.29, 1.82) is 0 Å². The van der Waals surface area contributed by atoms with E-state index in [1.807, 2.05) is 30.3 Å². The molecule has 3 aromatic carbocycles. The normalized spacial score (nSPS) is 14.9. The number of Topliss-reactive ketones (excluding diaryl/α,β-unsaturated/α-hetero) is 1. The Morgan fingerprint density at radius 1 is 1.02 bits per heavy atom. The standard InChI is InChI=1S/C31H26N2O6S/c1-4-39-31(37)21-13-8-14-22(16-21)33-25(20-12-9-15-23(17-20)38-3)24(27(35)30(33)36)26(34)28-18(2)32-29(40-28)19-10-6-5-7-11-19/h5-17,25,35H,4H2,1-3H3. The van der Waals surface area contributed by atoms with Crippen LogP contribution in [-0.4, -0.2) is 41.5 Å². The zero-order valence-corrected chi connectivity index (χ0v) is 22.9. The van der Waals surface area contributed by atoms with Crippen LogP contribution in [0.25, 0.3) is 10.6 Å². The Bertz CT molecular complexity index is 1640. The lowest BCUT2D eigenvalue weighted by Crippen LogP contribution is -2.31. The third kappa shape index (κ3) is 4.87. The molecule has 1 aliphatic heterocycles. The minimum Gasteiger partial charge on any atom is -0.503 e. The topological polar surface area (TPSA) is 106 Å². The summed E-state index contributed by atoms with van der Waals surface area (Å²) >= 11 is 1.20. The van der Waals surface area contributed by atoms with Gasteiger partial charge in [-0.3, -0.25) is 14.5 Å². The molecule has 0 fully saturated rings. The van der Waals surface area contributed by atoms with Crippen LogP contribution in [-0.2, 0) is 9.53 Å². The lowest BCUT2D eigenvalue weighted by atomic mass is 9.94. The van der Waals surface area contributed by atoms with Crippen molar-refractivity contribution in [3.8, 4) is 16.3 Å². The number of anilines is 1. The maximum Gasteiger partial charge on any atom is 0.338 e. The number of rotatable bonds is 8. The van der Waals surface area contributed by atoms with Crippen LogP contribution in [0.5, 0.6) is 5.75 Å². The number of methoxy groups -OCH3 is 1. The number of hydrogen-bond donors (Lipinski definition) is 1. The van der Waals surface area contributed by atoms with Crippen LogP contribution < -0.4 is 9.64 Å². The Balaban J connectivity index is 1.63. The van der Waals surface area contributed by atoms with Crippen molar-refractivity contribution in [3.05, 3.63) is 112 Å². The van der Waals surface area contributed by atoms with Crippen LogP contribution in [0.15, 0.2) is 90.2 Å². The number of thiazole rings is 1. The first-order chi connectivity index (χ1) is 19.3. The smallest absolute Gasteiger partial charge is 0.338 e. The summed E-state index contributed by atoms with van der Waals surface area (Å²) in [6, 6.07) is 21.8. The SMILES string of the molecule is CCOC(=O)c1cccc(N2C(=O)C(O)=C(C(=O)c3sc(-c4ccccc4)nc3C)C2c2cccc(OC)c2)c1. The second-order valence-electron chi connectivity index (χ2n) is 9.02. The molecule has 1 amide bonds. The minimum absolute atomic E-state index is 0.0776. The fourth-order valence-corrected chi connectivity index (χ4v) is 5.69. The van der Waals surface area contributed by atoms with Crippen LogP contribution in [0.4, 0.5) is 5.69 Å². The zero-order valence-electron chi connectivity index (χ0n) is 22.1. The van der Waals surface area contributed by atoms with E-state index in [0.717, 1.165) is 5.56 Å². The van der Waals surface area contributed by atoms with Gasteiger partial charge in [-0.15, -0.1) is 11.3 Å². The van der Waals surface area contributed by atoms with E-state index in [9.17, 15) is 19.5 Å². The summed E-state index contributed by atoms with van der Waals surface area (Å²) in [7, 11) is 1.52. The third-order valence-corrected chi connectivity index (χ3v) is 7.73. The number of ketones is 1. The number of ether oxygens (including phenoxy) is 2. The first-order valence-corrected chi connectivity index (χ1v) is 13.4. The molecule has 0 radical (unpaired) electrons. The molecule has 0 aliphatic carbocycles. The largest absolute Gasteiger partial charge is 0.503 e. The summed E-state index contributed by atoms with van der Waals surface area (Å²) in [6.45, 7) is 3.62. The van der Waals surface area contributed by atoms with Crippen molar-refractivity contribution < 1.29 is 29.0 Å². The predicted octanol–water partition coefficient (Wildman–Crippen LogP) is 6.09. The molecule has 0 spiro atoms. The fourth-order valence-electron chi connectivity index (χ4n) is 4.66. The second kappa shape index (κ2) is 11.2. The molecule has 0 saturated carbocycles. The summed E-state index contributed by atoms with van der Waals surface area (Å²) in [5.41, 5.74) is 2.38. The average molecular weight is 555 g/mol. The maximum atomic E-state index is 14.1. The van der Waals surface area contributed by atoms with E-state index in [4.69, 9.17) is 9.47 Å². The molecule has 0 bridgehead atoms. The summed E-state index contributed by atoms with van der Waals surface area (Å²) in [5, 5.41) is 11.8. The number of aryl methyl sites for hydroxylation is 1. The summed E-state index contributed by atoms with van der Waals surface area (Å²) < 4.78 is 10.5. The fraction of sp³-hybridized carbons (Fsp3) is 0.161. The van der Waals surface area contributed by atoms with Crippen molar-refractivity contribution in [3.63, 3.8) is 0 Å². The number of aliphatic hydroxyl groups excluding tert-OH is 1. The van der Waals surface area contributed by atoms with Crippen molar-refractivity contribution in [1.82, 2.24) is 4.98 Å². The predicted molar refractivity (Wildman–Crippen MR) is 152 cm³/mol. The van der Waals surface area contributed by atoms with Crippen LogP contribution in [0.2, 0.25) is 0 Å². The molecule has 0 saturated heterocycles. The van der Waals surface area contributed by atoms with E-state index in [1.165, 1.54) is 29.4 Å². The highest BCUT2D eigenvalue weighted by Gasteiger charge is 2.45. The van der Waals surface area contributed by atoms with Crippen LogP contribution in [0.3, 0.4) is 0 Å². The van der Waals surface area contributed by atoms with Crippen LogP contribution in [0.1, 0.15) is 44.3 Å². The molecule has 4 aromatic rings. The summed E-state index contributed by atoms with van der Waals surface area (Å²) in [6.07, 6.45) is 0. The third-order valence-electron chi connectivity index (χ3n) is 6.52. The Labute approximate surface area is 235 Å². The molecular formula is C31H26N2O6S. The minimum atomic E-state index is -0.991. The van der Waals surface area contributed by atoms with Gasteiger partial charge in [-0.25, -0.2) is 9.78 Å². The summed E-state index contributed by atoms with van der Waals surface area (Å²) in [4.78, 5) is 46.4. The molecule has 202 valence electrons. The highest BCUT2D eigenvalue weighted by atomic mass is 32.1. The van der Waals surface area contributed by atoms with Gasteiger partial charge in [0, 0.05) is 11.3 Å². The number of amides is 1. The van der Waals surface area contributed by atoms with Gasteiger partial charge >= 0.3 is 5.97 Å². The van der Waals surface area contributed by atoms with Gasteiger partial charge in [-0.2, -0.15) is 0 Å². The van der Waals surface area contributed by atoms with Gasteiger partial charge in [0.25, 0.3) is 5.91 Å². The van der Waals surface area contributed by atoms with Crippen LogP contribution >= 0.6 is 11.3 Å². The first kappa shape index (κ1) is 26.8. The molecule has 1 aliphatic rings. The van der Waals surface area contributed by atoms with Gasteiger partial charge < -0.3 is 14.6 Å². The maximum absolute atomic E-state index is 14.1. The molecular weight excluding hydrogens is 528 g/mol. The van der Waals surface area contributed by atoms with Gasteiger partial charge in [0.05, 0.1) is 41.5 Å². The Kier molecular flexibility index (Phi) is 7.48. The van der Waals surface area contributed by atoms with Gasteiger partial charge in [0.15, 0.2) is 5.76 Å². The van der Waals surface area contributed by atoms with Crippen molar-refractivity contribution in [2.24, 2.45) is 0 Å². The van der Waals surface area contributed by atoms with Crippen molar-refractivity contribution in [2.75, 3.05) is 18.6 Å². The lowest BCUT2D eigenvalue weighted by Gasteiger charge is -2.27. The molecule has 1 atom stereocenters. The van der Waals surface area contributed by atoms with E-state index < -0.39 is 29.5 Å². The lowest BCUT2D eigenvalue weighted by molar-refractivity contribution is -0.117. The van der Waals surface area contributed by atoms with E-state index >= 15 is 0 Å². The Morgan fingerprint density at radius 2 is 1.77 bits per heavy atom. The van der Waals surface area contributed by atoms with Crippen LogP contribution in [0, 0.1) is 6.92 Å². The molecule has 5 rings (SSSR count). The highest BCUT2D eigenvalue weighted by molar-refractivity contribution is 7.17.